The first-order chi connectivity index (χ1) is 8.16. The highest BCUT2D eigenvalue weighted by atomic mass is 32.2. The summed E-state index contributed by atoms with van der Waals surface area (Å²) in [4.78, 5) is 12.0. The van der Waals surface area contributed by atoms with Crippen LogP contribution in [-0.2, 0) is 5.75 Å². The van der Waals surface area contributed by atoms with Gasteiger partial charge in [-0.2, -0.15) is 0 Å². The van der Waals surface area contributed by atoms with E-state index in [1.54, 1.807) is 24.8 Å². The zero-order chi connectivity index (χ0) is 12.3. The van der Waals surface area contributed by atoms with Crippen LogP contribution >= 0.6 is 11.8 Å². The van der Waals surface area contributed by atoms with Crippen molar-refractivity contribution in [3.05, 3.63) is 53.5 Å². The molecule has 17 heavy (non-hydrogen) atoms. The molecule has 1 heterocycles. The lowest BCUT2D eigenvalue weighted by molar-refractivity contribution is 0.0695. The predicted molar refractivity (Wildman–Crippen MR) is 66.4 cm³/mol. The molecule has 88 valence electrons. The first kappa shape index (κ1) is 11.8. The molecule has 0 atom stereocenters. The molecule has 0 unspecified atom stereocenters. The van der Waals surface area contributed by atoms with Crippen LogP contribution in [0.25, 0.3) is 0 Å². The molecule has 1 N–H and O–H groups in total. The highest BCUT2D eigenvalue weighted by Crippen LogP contribution is 2.25. The summed E-state index contributed by atoms with van der Waals surface area (Å²) in [6.07, 6.45) is 0. The number of rotatable bonds is 4. The first-order valence-electron chi connectivity index (χ1n) is 5.17. The number of hydrogen-bond acceptors (Lipinski definition) is 3. The molecule has 0 aliphatic heterocycles. The van der Waals surface area contributed by atoms with E-state index in [1.165, 1.54) is 0 Å². The van der Waals surface area contributed by atoms with Crippen molar-refractivity contribution in [1.29, 1.82) is 0 Å². The third kappa shape index (κ3) is 2.91. The third-order valence-electron chi connectivity index (χ3n) is 2.32. The number of aromatic carboxylic acids is 1. The zero-order valence-electron chi connectivity index (χ0n) is 9.34. The number of carboxylic acids is 1. The van der Waals surface area contributed by atoms with E-state index in [4.69, 9.17) is 9.52 Å². The fourth-order valence-electron chi connectivity index (χ4n) is 1.50. The van der Waals surface area contributed by atoms with Crippen molar-refractivity contribution in [2.24, 2.45) is 0 Å². The van der Waals surface area contributed by atoms with E-state index in [2.05, 4.69) is 0 Å². The van der Waals surface area contributed by atoms with Crippen LogP contribution in [0.1, 0.15) is 21.9 Å². The highest BCUT2D eigenvalue weighted by Gasteiger charge is 2.13. The summed E-state index contributed by atoms with van der Waals surface area (Å²) in [5, 5.41) is 8.90. The Hall–Kier alpha value is -1.68. The lowest BCUT2D eigenvalue weighted by Crippen LogP contribution is -1.94. The Morgan fingerprint density at radius 3 is 2.65 bits per heavy atom. The van der Waals surface area contributed by atoms with Crippen LogP contribution in [0.2, 0.25) is 0 Å². The van der Waals surface area contributed by atoms with E-state index in [-0.39, 0.29) is 5.56 Å². The number of carbonyl (C=O) groups is 1. The van der Waals surface area contributed by atoms with Crippen molar-refractivity contribution in [2.75, 3.05) is 0 Å². The van der Waals surface area contributed by atoms with Crippen LogP contribution in [0.15, 0.2) is 45.7 Å². The van der Waals surface area contributed by atoms with E-state index < -0.39 is 5.97 Å². The van der Waals surface area contributed by atoms with Gasteiger partial charge in [0, 0.05) is 4.90 Å². The second kappa shape index (κ2) is 5.10. The van der Waals surface area contributed by atoms with Gasteiger partial charge in [-0.15, -0.1) is 11.8 Å². The van der Waals surface area contributed by atoms with Crippen LogP contribution in [-0.4, -0.2) is 11.1 Å². The van der Waals surface area contributed by atoms with Gasteiger partial charge in [0.25, 0.3) is 0 Å². The van der Waals surface area contributed by atoms with Gasteiger partial charge in [0.15, 0.2) is 0 Å². The molecule has 0 bridgehead atoms. The fourth-order valence-corrected chi connectivity index (χ4v) is 2.30. The second-order valence-corrected chi connectivity index (χ2v) is 4.64. The van der Waals surface area contributed by atoms with Crippen molar-refractivity contribution < 1.29 is 14.3 Å². The maximum absolute atomic E-state index is 10.8. The van der Waals surface area contributed by atoms with Gasteiger partial charge in [0.2, 0.25) is 0 Å². The Labute approximate surface area is 103 Å². The Bertz CT molecular complexity index is 517. The Balaban J connectivity index is 2.05. The van der Waals surface area contributed by atoms with Crippen molar-refractivity contribution in [2.45, 2.75) is 17.6 Å². The molecule has 2 aromatic rings. The average Bonchev–Trinajstić information content (AvgIpc) is 2.69. The van der Waals surface area contributed by atoms with Crippen LogP contribution in [0.5, 0.6) is 0 Å². The van der Waals surface area contributed by atoms with Crippen LogP contribution in [0.4, 0.5) is 0 Å². The first-order valence-corrected chi connectivity index (χ1v) is 6.16. The van der Waals surface area contributed by atoms with E-state index in [0.29, 0.717) is 17.3 Å². The summed E-state index contributed by atoms with van der Waals surface area (Å²) in [5.41, 5.74) is 0.244. The molecular formula is C13H12O3S. The fraction of sp³-hybridized carbons (Fsp3) is 0.154. The van der Waals surface area contributed by atoms with E-state index in [1.807, 2.05) is 30.3 Å². The lowest BCUT2D eigenvalue weighted by Gasteiger charge is -1.97. The molecule has 0 aliphatic carbocycles. The summed E-state index contributed by atoms with van der Waals surface area (Å²) in [5.74, 6) is 0.843. The molecule has 0 radical (unpaired) electrons. The minimum Gasteiger partial charge on any atom is -0.478 e. The number of hydrogen-bond donors (Lipinski definition) is 1. The minimum atomic E-state index is -0.942. The average molecular weight is 248 g/mol. The Morgan fingerprint density at radius 1 is 1.35 bits per heavy atom. The van der Waals surface area contributed by atoms with Gasteiger partial charge in [-0.1, -0.05) is 18.2 Å². The van der Waals surface area contributed by atoms with E-state index in [9.17, 15) is 4.79 Å². The summed E-state index contributed by atoms with van der Waals surface area (Å²) < 4.78 is 5.40. The van der Waals surface area contributed by atoms with Gasteiger partial charge in [-0.3, -0.25) is 0 Å². The Morgan fingerprint density at radius 2 is 2.06 bits per heavy atom. The zero-order valence-corrected chi connectivity index (χ0v) is 10.2. The quantitative estimate of drug-likeness (QED) is 0.840. The summed E-state index contributed by atoms with van der Waals surface area (Å²) in [7, 11) is 0. The molecule has 3 nitrogen and oxygen atoms in total. The lowest BCUT2D eigenvalue weighted by atomic mass is 10.2. The third-order valence-corrected chi connectivity index (χ3v) is 3.36. The number of furan rings is 1. The summed E-state index contributed by atoms with van der Waals surface area (Å²) in [6, 6.07) is 11.5. The van der Waals surface area contributed by atoms with Crippen molar-refractivity contribution in [3.8, 4) is 0 Å². The maximum Gasteiger partial charge on any atom is 0.339 e. The van der Waals surface area contributed by atoms with Gasteiger partial charge >= 0.3 is 5.97 Å². The predicted octanol–water partition coefficient (Wildman–Crippen LogP) is 3.58. The van der Waals surface area contributed by atoms with Crippen LogP contribution < -0.4 is 0 Å². The molecule has 1 aromatic carbocycles. The standard InChI is InChI=1S/C13H12O3S/c1-9-12(13(14)15)7-10(16-9)8-17-11-5-3-2-4-6-11/h2-7H,8H2,1H3,(H,14,15). The SMILES string of the molecule is Cc1oc(CSc2ccccc2)cc1C(=O)O. The molecule has 0 saturated heterocycles. The smallest absolute Gasteiger partial charge is 0.339 e. The number of thioether (sulfide) groups is 1. The van der Waals surface area contributed by atoms with Crippen LogP contribution in [0.3, 0.4) is 0 Å². The van der Waals surface area contributed by atoms with Gasteiger partial charge in [-0.25, -0.2) is 4.79 Å². The molecule has 2 rings (SSSR count). The molecular weight excluding hydrogens is 236 g/mol. The molecule has 0 aliphatic rings. The van der Waals surface area contributed by atoms with Gasteiger partial charge in [0.05, 0.1) is 5.75 Å². The molecule has 0 spiro atoms. The largest absolute Gasteiger partial charge is 0.478 e. The van der Waals surface area contributed by atoms with Crippen molar-refractivity contribution >= 4 is 17.7 Å². The molecule has 0 saturated carbocycles. The minimum absolute atomic E-state index is 0.244. The highest BCUT2D eigenvalue weighted by molar-refractivity contribution is 7.98. The summed E-state index contributed by atoms with van der Waals surface area (Å²) in [6.45, 7) is 1.67. The van der Waals surface area contributed by atoms with Crippen LogP contribution in [0, 0.1) is 6.92 Å². The normalized spacial score (nSPS) is 10.4. The molecule has 4 heteroatoms. The summed E-state index contributed by atoms with van der Waals surface area (Å²) >= 11 is 1.62. The van der Waals surface area contributed by atoms with Gasteiger partial charge in [-0.05, 0) is 25.1 Å². The number of benzene rings is 1. The van der Waals surface area contributed by atoms with Crippen molar-refractivity contribution in [1.82, 2.24) is 0 Å². The molecule has 0 amide bonds. The van der Waals surface area contributed by atoms with Gasteiger partial charge in [0.1, 0.15) is 17.1 Å². The van der Waals surface area contributed by atoms with Gasteiger partial charge < -0.3 is 9.52 Å². The molecule has 1 aromatic heterocycles. The number of carboxylic acid groups (broad SMARTS) is 1. The monoisotopic (exact) mass is 248 g/mol. The van der Waals surface area contributed by atoms with E-state index in [0.717, 1.165) is 4.90 Å². The van der Waals surface area contributed by atoms with Crippen molar-refractivity contribution in [3.63, 3.8) is 0 Å². The second-order valence-electron chi connectivity index (χ2n) is 3.59. The number of aryl methyl sites for hydroxylation is 1. The maximum atomic E-state index is 10.8. The topological polar surface area (TPSA) is 50.4 Å². The molecule has 0 fully saturated rings. The Kier molecular flexibility index (Phi) is 3.54. The van der Waals surface area contributed by atoms with E-state index >= 15 is 0 Å².